The van der Waals surface area contributed by atoms with Crippen LogP contribution < -0.4 is 0 Å². The van der Waals surface area contributed by atoms with Crippen molar-refractivity contribution >= 4 is 5.97 Å². The Morgan fingerprint density at radius 1 is 1.47 bits per heavy atom. The Hall–Kier alpha value is -2.24. The van der Waals surface area contributed by atoms with Gasteiger partial charge < -0.3 is 5.11 Å². The van der Waals surface area contributed by atoms with Crippen molar-refractivity contribution in [2.75, 3.05) is 0 Å². The van der Waals surface area contributed by atoms with Crippen molar-refractivity contribution in [2.45, 2.75) is 6.92 Å². The van der Waals surface area contributed by atoms with Crippen molar-refractivity contribution in [3.63, 3.8) is 0 Å². The van der Waals surface area contributed by atoms with Crippen LogP contribution in [0.5, 0.6) is 0 Å². The molecule has 0 fully saturated rings. The van der Waals surface area contributed by atoms with E-state index in [-0.39, 0.29) is 5.56 Å². The fraction of sp³-hybridized carbons (Fsp3) is 0.111. The van der Waals surface area contributed by atoms with Gasteiger partial charge in [-0.2, -0.15) is 5.10 Å². The van der Waals surface area contributed by atoms with Crippen molar-refractivity contribution in [1.82, 2.24) is 20.2 Å². The highest BCUT2D eigenvalue weighted by Gasteiger charge is 2.10. The normalized spacial score (nSPS) is 10.2. The smallest absolute Gasteiger partial charge is 0.339 e. The molecule has 2 N–H and O–H groups in total. The van der Waals surface area contributed by atoms with Gasteiger partial charge in [0, 0.05) is 12.4 Å². The summed E-state index contributed by atoms with van der Waals surface area (Å²) in [5.74, 6) is -0.558. The van der Waals surface area contributed by atoms with E-state index in [0.717, 1.165) is 5.56 Å². The van der Waals surface area contributed by atoms with E-state index in [1.165, 1.54) is 6.20 Å². The molecule has 6 nitrogen and oxygen atoms in total. The molecule has 2 heterocycles. The summed E-state index contributed by atoms with van der Waals surface area (Å²) < 4.78 is 0. The number of aromatic nitrogens is 4. The summed E-state index contributed by atoms with van der Waals surface area (Å²) in [7, 11) is 0. The van der Waals surface area contributed by atoms with Crippen molar-refractivity contribution in [1.29, 1.82) is 0 Å². The van der Waals surface area contributed by atoms with E-state index in [0.29, 0.717) is 11.5 Å². The highest BCUT2D eigenvalue weighted by atomic mass is 16.4. The average Bonchev–Trinajstić information content (AvgIpc) is 2.69. The van der Waals surface area contributed by atoms with E-state index in [1.54, 1.807) is 19.3 Å². The molecule has 2 aromatic rings. The van der Waals surface area contributed by atoms with Crippen molar-refractivity contribution in [3.05, 3.63) is 29.8 Å². The topological polar surface area (TPSA) is 91.8 Å². The van der Waals surface area contributed by atoms with Gasteiger partial charge in [0.15, 0.2) is 5.82 Å². The summed E-state index contributed by atoms with van der Waals surface area (Å²) in [5, 5.41) is 15.2. The molecule has 0 atom stereocenters. The number of aromatic carboxylic acids is 1. The first-order chi connectivity index (χ1) is 7.18. The number of H-pyrrole nitrogens is 1. The number of carbonyl (C=O) groups is 1. The second-order valence-corrected chi connectivity index (χ2v) is 2.98. The predicted octanol–water partition coefficient (Wildman–Crippen LogP) is 0.873. The molecule has 0 aliphatic rings. The maximum Gasteiger partial charge on any atom is 0.339 e. The van der Waals surface area contributed by atoms with Crippen LogP contribution in [0.1, 0.15) is 16.1 Å². The number of hydrogen-bond acceptors (Lipinski definition) is 4. The third-order valence-corrected chi connectivity index (χ3v) is 1.97. The molecule has 2 rings (SSSR count). The fourth-order valence-electron chi connectivity index (χ4n) is 1.19. The highest BCUT2D eigenvalue weighted by Crippen LogP contribution is 2.13. The van der Waals surface area contributed by atoms with E-state index in [9.17, 15) is 4.79 Å². The van der Waals surface area contributed by atoms with Gasteiger partial charge in [0.2, 0.25) is 0 Å². The molecule has 76 valence electrons. The second kappa shape index (κ2) is 3.49. The Bertz CT molecular complexity index is 493. The zero-order valence-electron chi connectivity index (χ0n) is 7.93. The first kappa shape index (κ1) is 9.32. The van der Waals surface area contributed by atoms with Crippen LogP contribution in [0.3, 0.4) is 0 Å². The zero-order chi connectivity index (χ0) is 10.8. The van der Waals surface area contributed by atoms with Crippen LogP contribution in [0.25, 0.3) is 11.4 Å². The standard InChI is InChI=1S/C9H8N4O2/c1-5-7(9(14)15)4-10-8(13-5)6-2-11-12-3-6/h2-4H,1H3,(H,11,12)(H,14,15). The average molecular weight is 204 g/mol. The molecule has 0 amide bonds. The number of carboxylic acid groups (broad SMARTS) is 1. The number of aryl methyl sites for hydroxylation is 1. The Kier molecular flexibility index (Phi) is 2.17. The molecule has 0 bridgehead atoms. The molecular weight excluding hydrogens is 196 g/mol. The summed E-state index contributed by atoms with van der Waals surface area (Å²) in [6, 6.07) is 0. The molecule has 0 saturated carbocycles. The van der Waals surface area contributed by atoms with Crippen LogP contribution in [0, 0.1) is 6.92 Å². The Morgan fingerprint density at radius 2 is 2.27 bits per heavy atom. The molecule has 2 aromatic heterocycles. The van der Waals surface area contributed by atoms with E-state index < -0.39 is 5.97 Å². The van der Waals surface area contributed by atoms with Crippen LogP contribution in [0.15, 0.2) is 18.6 Å². The SMILES string of the molecule is Cc1nc(-c2cn[nH]c2)ncc1C(=O)O. The van der Waals surface area contributed by atoms with Gasteiger partial charge in [0.1, 0.15) is 0 Å². The third kappa shape index (κ3) is 1.69. The summed E-state index contributed by atoms with van der Waals surface area (Å²) in [6.07, 6.45) is 4.53. The summed E-state index contributed by atoms with van der Waals surface area (Å²) >= 11 is 0. The number of hydrogen-bond donors (Lipinski definition) is 2. The van der Waals surface area contributed by atoms with Gasteiger partial charge in [-0.15, -0.1) is 0 Å². The summed E-state index contributed by atoms with van der Waals surface area (Å²) in [6.45, 7) is 1.63. The molecule has 0 aliphatic carbocycles. The highest BCUT2D eigenvalue weighted by molar-refractivity contribution is 5.88. The third-order valence-electron chi connectivity index (χ3n) is 1.97. The zero-order valence-corrected chi connectivity index (χ0v) is 7.93. The number of nitrogens with zero attached hydrogens (tertiary/aromatic N) is 3. The number of aromatic amines is 1. The Balaban J connectivity index is 2.47. The molecule has 15 heavy (non-hydrogen) atoms. The molecule has 0 unspecified atom stereocenters. The van der Waals surface area contributed by atoms with Crippen LogP contribution in [0.4, 0.5) is 0 Å². The minimum Gasteiger partial charge on any atom is -0.478 e. The minimum absolute atomic E-state index is 0.113. The van der Waals surface area contributed by atoms with E-state index in [2.05, 4.69) is 20.2 Å². The molecule has 0 aromatic carbocycles. The molecule has 0 aliphatic heterocycles. The minimum atomic E-state index is -1.02. The van der Waals surface area contributed by atoms with Gasteiger partial charge in [-0.1, -0.05) is 0 Å². The lowest BCUT2D eigenvalue weighted by Gasteiger charge is -2.00. The maximum absolute atomic E-state index is 10.7. The van der Waals surface area contributed by atoms with Crippen molar-refractivity contribution in [3.8, 4) is 11.4 Å². The van der Waals surface area contributed by atoms with Gasteiger partial charge in [-0.05, 0) is 6.92 Å². The van der Waals surface area contributed by atoms with E-state index >= 15 is 0 Å². The first-order valence-corrected chi connectivity index (χ1v) is 4.24. The second-order valence-electron chi connectivity index (χ2n) is 2.98. The van der Waals surface area contributed by atoms with Gasteiger partial charge in [-0.25, -0.2) is 14.8 Å². The monoisotopic (exact) mass is 204 g/mol. The van der Waals surface area contributed by atoms with Crippen LogP contribution in [0.2, 0.25) is 0 Å². The lowest BCUT2D eigenvalue weighted by molar-refractivity contribution is 0.0695. The lowest BCUT2D eigenvalue weighted by atomic mass is 10.2. The van der Waals surface area contributed by atoms with E-state index in [1.807, 2.05) is 0 Å². The molecule has 0 radical (unpaired) electrons. The fourth-order valence-corrected chi connectivity index (χ4v) is 1.19. The molecule has 6 heteroatoms. The summed E-state index contributed by atoms with van der Waals surface area (Å²) in [4.78, 5) is 18.8. The number of carboxylic acids is 1. The molecule has 0 saturated heterocycles. The van der Waals surface area contributed by atoms with Gasteiger partial charge >= 0.3 is 5.97 Å². The number of nitrogens with one attached hydrogen (secondary N) is 1. The maximum atomic E-state index is 10.7. The van der Waals surface area contributed by atoms with Crippen LogP contribution >= 0.6 is 0 Å². The molecular formula is C9H8N4O2. The lowest BCUT2D eigenvalue weighted by Crippen LogP contribution is -2.04. The quantitative estimate of drug-likeness (QED) is 0.757. The van der Waals surface area contributed by atoms with E-state index in [4.69, 9.17) is 5.11 Å². The largest absolute Gasteiger partial charge is 0.478 e. The van der Waals surface area contributed by atoms with Gasteiger partial charge in [0.25, 0.3) is 0 Å². The Labute approximate surface area is 85.0 Å². The van der Waals surface area contributed by atoms with Crippen LogP contribution in [-0.4, -0.2) is 31.2 Å². The molecule has 0 spiro atoms. The first-order valence-electron chi connectivity index (χ1n) is 4.24. The number of rotatable bonds is 2. The van der Waals surface area contributed by atoms with Crippen molar-refractivity contribution < 1.29 is 9.90 Å². The summed E-state index contributed by atoms with van der Waals surface area (Å²) in [5.41, 5.74) is 1.28. The van der Waals surface area contributed by atoms with Gasteiger partial charge in [-0.3, -0.25) is 5.10 Å². The van der Waals surface area contributed by atoms with Crippen LogP contribution in [-0.2, 0) is 0 Å². The van der Waals surface area contributed by atoms with Crippen molar-refractivity contribution in [2.24, 2.45) is 0 Å². The van der Waals surface area contributed by atoms with Gasteiger partial charge in [0.05, 0.1) is 23.0 Å². The predicted molar refractivity (Wildman–Crippen MR) is 51.3 cm³/mol. The Morgan fingerprint density at radius 3 is 2.80 bits per heavy atom.